The lowest BCUT2D eigenvalue weighted by Gasteiger charge is -2.29. The fourth-order valence-electron chi connectivity index (χ4n) is 3.52. The number of amides is 2. The zero-order valence-electron chi connectivity index (χ0n) is 13.3. The van der Waals surface area contributed by atoms with Gasteiger partial charge in [0, 0.05) is 26.1 Å². The number of halogens is 1. The maximum Gasteiger partial charge on any atom is 0.245 e. The van der Waals surface area contributed by atoms with Crippen LogP contribution in [0.2, 0.25) is 0 Å². The van der Waals surface area contributed by atoms with Gasteiger partial charge >= 0.3 is 0 Å². The molecule has 1 aromatic rings. The van der Waals surface area contributed by atoms with E-state index in [9.17, 15) is 14.0 Å². The molecule has 1 unspecified atom stereocenters. The Morgan fingerprint density at radius 1 is 1.17 bits per heavy atom. The van der Waals surface area contributed by atoms with E-state index in [-0.39, 0.29) is 23.7 Å². The van der Waals surface area contributed by atoms with Crippen molar-refractivity contribution in [3.05, 3.63) is 35.6 Å². The predicted octanol–water partition coefficient (Wildman–Crippen LogP) is 2.72. The zero-order chi connectivity index (χ0) is 16.2. The Bertz CT molecular complexity index is 582. The first-order chi connectivity index (χ1) is 11.1. The van der Waals surface area contributed by atoms with Crippen LogP contribution < -0.4 is 0 Å². The van der Waals surface area contributed by atoms with E-state index in [1.807, 2.05) is 4.90 Å². The van der Waals surface area contributed by atoms with Crippen LogP contribution in [0.15, 0.2) is 24.3 Å². The van der Waals surface area contributed by atoms with E-state index in [1.165, 1.54) is 25.0 Å². The number of carbonyl (C=O) groups is 2. The van der Waals surface area contributed by atoms with Crippen molar-refractivity contribution in [2.45, 2.75) is 51.1 Å². The van der Waals surface area contributed by atoms with Crippen molar-refractivity contribution < 1.29 is 14.0 Å². The summed E-state index contributed by atoms with van der Waals surface area (Å²) in [6.45, 7) is 1.88. The third kappa shape index (κ3) is 3.71. The Balaban J connectivity index is 1.72. The SMILES string of the molecule is O=C(C1CCC(=O)N1Cc1cccc(F)c1)N1CCCCCC1. The normalized spacial score (nSPS) is 22.3. The smallest absolute Gasteiger partial charge is 0.245 e. The average molecular weight is 318 g/mol. The average Bonchev–Trinajstić information content (AvgIpc) is 2.76. The number of carbonyl (C=O) groups excluding carboxylic acids is 2. The van der Waals surface area contributed by atoms with Gasteiger partial charge in [-0.1, -0.05) is 25.0 Å². The largest absolute Gasteiger partial charge is 0.341 e. The molecule has 0 spiro atoms. The summed E-state index contributed by atoms with van der Waals surface area (Å²) >= 11 is 0. The molecule has 1 atom stereocenters. The summed E-state index contributed by atoms with van der Waals surface area (Å²) in [7, 11) is 0. The molecule has 2 aliphatic rings. The second-order valence-corrected chi connectivity index (χ2v) is 6.45. The van der Waals surface area contributed by atoms with Gasteiger partial charge in [0.05, 0.1) is 0 Å². The number of likely N-dealkylation sites (tertiary alicyclic amines) is 2. The summed E-state index contributed by atoms with van der Waals surface area (Å²) in [6, 6.07) is 5.86. The van der Waals surface area contributed by atoms with Crippen LogP contribution in [0.1, 0.15) is 44.1 Å². The molecule has 2 aliphatic heterocycles. The summed E-state index contributed by atoms with van der Waals surface area (Å²) in [5.41, 5.74) is 0.730. The molecule has 2 fully saturated rings. The van der Waals surface area contributed by atoms with E-state index in [1.54, 1.807) is 17.0 Å². The molecule has 4 nitrogen and oxygen atoms in total. The number of rotatable bonds is 3. The second-order valence-electron chi connectivity index (χ2n) is 6.45. The minimum absolute atomic E-state index is 0.0116. The highest BCUT2D eigenvalue weighted by Gasteiger charge is 2.38. The summed E-state index contributed by atoms with van der Waals surface area (Å²) in [5.74, 6) is -0.263. The van der Waals surface area contributed by atoms with Crippen LogP contribution in [0.3, 0.4) is 0 Å². The fourth-order valence-corrected chi connectivity index (χ4v) is 3.52. The number of nitrogens with zero attached hydrogens (tertiary/aromatic N) is 2. The maximum atomic E-state index is 13.4. The fraction of sp³-hybridized carbons (Fsp3) is 0.556. The molecule has 2 heterocycles. The van der Waals surface area contributed by atoms with Crippen molar-refractivity contribution in [3.8, 4) is 0 Å². The first-order valence-electron chi connectivity index (χ1n) is 8.48. The van der Waals surface area contributed by atoms with Crippen LogP contribution in [-0.2, 0) is 16.1 Å². The Labute approximate surface area is 136 Å². The van der Waals surface area contributed by atoms with Gasteiger partial charge in [-0.05, 0) is 37.0 Å². The van der Waals surface area contributed by atoms with E-state index in [0.717, 1.165) is 31.5 Å². The van der Waals surface area contributed by atoms with E-state index in [0.29, 0.717) is 19.4 Å². The molecule has 0 N–H and O–H groups in total. The molecular formula is C18H23FN2O2. The van der Waals surface area contributed by atoms with Crippen molar-refractivity contribution >= 4 is 11.8 Å². The lowest BCUT2D eigenvalue weighted by molar-refractivity contribution is -0.141. The topological polar surface area (TPSA) is 40.6 Å². The summed E-state index contributed by atoms with van der Waals surface area (Å²) in [6.07, 6.45) is 5.39. The summed E-state index contributed by atoms with van der Waals surface area (Å²) < 4.78 is 13.4. The minimum Gasteiger partial charge on any atom is -0.341 e. The molecule has 5 heteroatoms. The maximum absolute atomic E-state index is 13.4. The van der Waals surface area contributed by atoms with Crippen LogP contribution >= 0.6 is 0 Å². The number of hydrogen-bond donors (Lipinski definition) is 0. The zero-order valence-corrected chi connectivity index (χ0v) is 13.3. The molecule has 2 saturated heterocycles. The molecule has 3 rings (SSSR count). The third-order valence-electron chi connectivity index (χ3n) is 4.77. The molecule has 0 aliphatic carbocycles. The third-order valence-corrected chi connectivity index (χ3v) is 4.77. The van der Waals surface area contributed by atoms with Gasteiger partial charge in [-0.3, -0.25) is 9.59 Å². The summed E-state index contributed by atoms with van der Waals surface area (Å²) in [4.78, 5) is 28.6. The monoisotopic (exact) mass is 318 g/mol. The minimum atomic E-state index is -0.385. The van der Waals surface area contributed by atoms with Gasteiger partial charge in [-0.2, -0.15) is 0 Å². The first kappa shape index (κ1) is 16.0. The van der Waals surface area contributed by atoms with Crippen LogP contribution in [0.4, 0.5) is 4.39 Å². The van der Waals surface area contributed by atoms with Gasteiger partial charge in [-0.25, -0.2) is 4.39 Å². The molecule has 0 aromatic heterocycles. The molecule has 124 valence electrons. The quantitative estimate of drug-likeness (QED) is 0.860. The Hall–Kier alpha value is -1.91. The molecular weight excluding hydrogens is 295 g/mol. The van der Waals surface area contributed by atoms with Crippen molar-refractivity contribution in [1.82, 2.24) is 9.80 Å². The molecule has 0 radical (unpaired) electrons. The van der Waals surface area contributed by atoms with Gasteiger partial charge in [0.2, 0.25) is 11.8 Å². The van der Waals surface area contributed by atoms with Gasteiger partial charge in [-0.15, -0.1) is 0 Å². The molecule has 1 aromatic carbocycles. The van der Waals surface area contributed by atoms with Crippen LogP contribution in [-0.4, -0.2) is 40.7 Å². The van der Waals surface area contributed by atoms with Crippen molar-refractivity contribution in [3.63, 3.8) is 0 Å². The highest BCUT2D eigenvalue weighted by atomic mass is 19.1. The van der Waals surface area contributed by atoms with Gasteiger partial charge in [0.15, 0.2) is 0 Å². The number of benzene rings is 1. The van der Waals surface area contributed by atoms with E-state index in [4.69, 9.17) is 0 Å². The van der Waals surface area contributed by atoms with Crippen molar-refractivity contribution in [2.24, 2.45) is 0 Å². The first-order valence-corrected chi connectivity index (χ1v) is 8.48. The highest BCUT2D eigenvalue weighted by Crippen LogP contribution is 2.24. The van der Waals surface area contributed by atoms with E-state index < -0.39 is 0 Å². The Morgan fingerprint density at radius 2 is 1.91 bits per heavy atom. The van der Waals surface area contributed by atoms with Crippen LogP contribution in [0.5, 0.6) is 0 Å². The van der Waals surface area contributed by atoms with Gasteiger partial charge in [0.1, 0.15) is 11.9 Å². The standard InChI is InChI=1S/C18H23FN2O2/c19-15-7-5-6-14(12-15)13-21-16(8-9-17(21)22)18(23)20-10-3-1-2-4-11-20/h5-7,12,16H,1-4,8-11,13H2. The van der Waals surface area contributed by atoms with E-state index in [2.05, 4.69) is 0 Å². The lowest BCUT2D eigenvalue weighted by atomic mass is 10.1. The Kier molecular flexibility index (Phi) is 4.94. The van der Waals surface area contributed by atoms with Crippen molar-refractivity contribution in [1.29, 1.82) is 0 Å². The van der Waals surface area contributed by atoms with Crippen LogP contribution in [0, 0.1) is 5.82 Å². The Morgan fingerprint density at radius 3 is 2.61 bits per heavy atom. The summed E-state index contributed by atoms with van der Waals surface area (Å²) in [5, 5.41) is 0. The highest BCUT2D eigenvalue weighted by molar-refractivity contribution is 5.91. The lowest BCUT2D eigenvalue weighted by Crippen LogP contribution is -2.46. The predicted molar refractivity (Wildman–Crippen MR) is 85.0 cm³/mol. The molecule has 0 bridgehead atoms. The number of hydrogen-bond acceptors (Lipinski definition) is 2. The van der Waals surface area contributed by atoms with Crippen molar-refractivity contribution in [2.75, 3.05) is 13.1 Å². The molecule has 2 amide bonds. The van der Waals surface area contributed by atoms with E-state index >= 15 is 0 Å². The van der Waals surface area contributed by atoms with Gasteiger partial charge < -0.3 is 9.80 Å². The van der Waals surface area contributed by atoms with Crippen LogP contribution in [0.25, 0.3) is 0 Å². The second kappa shape index (κ2) is 7.11. The molecule has 23 heavy (non-hydrogen) atoms. The van der Waals surface area contributed by atoms with Gasteiger partial charge in [0.25, 0.3) is 0 Å². The molecule has 0 saturated carbocycles.